The van der Waals surface area contributed by atoms with E-state index in [-0.39, 0.29) is 0 Å². The van der Waals surface area contributed by atoms with Crippen LogP contribution in [0.5, 0.6) is 0 Å². The van der Waals surface area contributed by atoms with Gasteiger partial charge in [0.2, 0.25) is 0 Å². The molecule has 1 unspecified atom stereocenters. The van der Waals surface area contributed by atoms with Crippen LogP contribution in [-0.2, 0) is 29.3 Å². The van der Waals surface area contributed by atoms with Crippen LogP contribution in [0.2, 0.25) is 0 Å². The maximum atomic E-state index is 13.6. The first kappa shape index (κ1) is 20.6. The molecule has 1 heterocycles. The summed E-state index contributed by atoms with van der Waals surface area (Å²) in [6.07, 6.45) is 0.463. The second kappa shape index (κ2) is 8.58. The van der Waals surface area contributed by atoms with Crippen LogP contribution in [0, 0.1) is 6.92 Å². The minimum Gasteiger partial charge on any atom is -0.291 e. The van der Waals surface area contributed by atoms with E-state index in [4.69, 9.17) is 0 Å². The molecule has 3 aromatic carbocycles. The van der Waals surface area contributed by atoms with Crippen molar-refractivity contribution in [3.05, 3.63) is 113 Å². The van der Waals surface area contributed by atoms with E-state index in [2.05, 4.69) is 29.7 Å². The first-order valence-corrected chi connectivity index (χ1v) is 11.8. The summed E-state index contributed by atoms with van der Waals surface area (Å²) in [5, 5.41) is -0.639. The number of benzene rings is 3. The number of hydrogen-bond acceptors (Lipinski definition) is 3. The summed E-state index contributed by atoms with van der Waals surface area (Å²) in [5.41, 5.74) is 5.27. The van der Waals surface area contributed by atoms with Gasteiger partial charge in [0, 0.05) is 19.6 Å². The fourth-order valence-electron chi connectivity index (χ4n) is 4.12. The zero-order valence-electron chi connectivity index (χ0n) is 17.3. The first-order valence-electron chi connectivity index (χ1n) is 10.2. The fraction of sp³-hybridized carbons (Fsp3) is 0.231. The van der Waals surface area contributed by atoms with Crippen molar-refractivity contribution < 1.29 is 8.42 Å². The molecule has 30 heavy (non-hydrogen) atoms. The van der Waals surface area contributed by atoms with Crippen molar-refractivity contribution >= 4 is 9.84 Å². The Morgan fingerprint density at radius 1 is 0.867 bits per heavy atom. The monoisotopic (exact) mass is 417 g/mol. The van der Waals surface area contributed by atoms with E-state index < -0.39 is 15.1 Å². The first-order chi connectivity index (χ1) is 14.4. The molecule has 4 heteroatoms. The van der Waals surface area contributed by atoms with Crippen LogP contribution < -0.4 is 0 Å². The number of aryl methyl sites for hydroxylation is 1. The molecular formula is C26H27NO2S. The lowest BCUT2D eigenvalue weighted by Gasteiger charge is -2.31. The molecule has 3 nitrogen and oxygen atoms in total. The van der Waals surface area contributed by atoms with Gasteiger partial charge in [-0.3, -0.25) is 4.90 Å². The van der Waals surface area contributed by atoms with Crippen LogP contribution in [0.25, 0.3) is 0 Å². The van der Waals surface area contributed by atoms with E-state index in [1.54, 1.807) is 12.1 Å². The topological polar surface area (TPSA) is 37.4 Å². The average molecular weight is 418 g/mol. The molecule has 0 aliphatic carbocycles. The van der Waals surface area contributed by atoms with Crippen LogP contribution in [0.1, 0.15) is 22.3 Å². The lowest BCUT2D eigenvalue weighted by Crippen LogP contribution is -2.36. The molecule has 4 rings (SSSR count). The molecule has 0 saturated heterocycles. The zero-order valence-corrected chi connectivity index (χ0v) is 18.1. The standard InChI is InChI=1S/C26H27NO2S/c1-20-12-14-25(15-13-20)30(28,29)26-16-23-10-6-7-11-24(23)19-27(17-21(26)2)18-22-8-4-3-5-9-22/h3-15,26H,2,16-19H2,1H3. The predicted molar refractivity (Wildman–Crippen MR) is 122 cm³/mol. The largest absolute Gasteiger partial charge is 0.291 e. The van der Waals surface area contributed by atoms with Crippen molar-refractivity contribution in [1.82, 2.24) is 4.90 Å². The molecule has 1 aliphatic rings. The van der Waals surface area contributed by atoms with E-state index in [0.717, 1.165) is 29.8 Å². The third kappa shape index (κ3) is 4.40. The molecule has 154 valence electrons. The molecule has 0 aromatic heterocycles. The number of rotatable bonds is 4. The number of hydrogen-bond donors (Lipinski definition) is 0. The summed E-state index contributed by atoms with van der Waals surface area (Å²) in [6.45, 7) is 8.30. The highest BCUT2D eigenvalue weighted by Gasteiger charge is 2.33. The van der Waals surface area contributed by atoms with Crippen LogP contribution in [0.3, 0.4) is 0 Å². The normalized spacial score (nSPS) is 17.8. The van der Waals surface area contributed by atoms with Gasteiger partial charge in [0.05, 0.1) is 10.1 Å². The van der Waals surface area contributed by atoms with E-state index in [9.17, 15) is 8.42 Å². The number of sulfone groups is 1. The molecule has 0 amide bonds. The van der Waals surface area contributed by atoms with Gasteiger partial charge in [0.1, 0.15) is 0 Å². The quantitative estimate of drug-likeness (QED) is 0.564. The van der Waals surface area contributed by atoms with Crippen LogP contribution in [0.4, 0.5) is 0 Å². The van der Waals surface area contributed by atoms with Crippen LogP contribution >= 0.6 is 0 Å². The minimum absolute atomic E-state index is 0.368. The van der Waals surface area contributed by atoms with Crippen molar-refractivity contribution in [1.29, 1.82) is 0 Å². The van der Waals surface area contributed by atoms with Crippen molar-refractivity contribution in [3.8, 4) is 0 Å². The van der Waals surface area contributed by atoms with E-state index in [1.807, 2.05) is 55.5 Å². The van der Waals surface area contributed by atoms with Gasteiger partial charge in [-0.15, -0.1) is 0 Å². The van der Waals surface area contributed by atoms with E-state index in [0.29, 0.717) is 17.9 Å². The van der Waals surface area contributed by atoms with Crippen molar-refractivity contribution in [2.75, 3.05) is 6.54 Å². The lowest BCUT2D eigenvalue weighted by molar-refractivity contribution is 0.273. The molecule has 0 spiro atoms. The van der Waals surface area contributed by atoms with Gasteiger partial charge in [-0.25, -0.2) is 8.42 Å². The van der Waals surface area contributed by atoms with Gasteiger partial charge >= 0.3 is 0 Å². The lowest BCUT2D eigenvalue weighted by atomic mass is 9.96. The molecule has 0 radical (unpaired) electrons. The Labute approximate surface area is 179 Å². The fourth-order valence-corrected chi connectivity index (χ4v) is 5.87. The Morgan fingerprint density at radius 3 is 2.20 bits per heavy atom. The van der Waals surface area contributed by atoms with Gasteiger partial charge in [-0.1, -0.05) is 78.9 Å². The third-order valence-corrected chi connectivity index (χ3v) is 7.95. The highest BCUT2D eigenvalue weighted by molar-refractivity contribution is 7.92. The maximum Gasteiger partial charge on any atom is 0.185 e. The highest BCUT2D eigenvalue weighted by atomic mass is 32.2. The summed E-state index contributed by atoms with van der Waals surface area (Å²) in [6, 6.07) is 25.6. The van der Waals surface area contributed by atoms with Gasteiger partial charge in [-0.2, -0.15) is 0 Å². The molecule has 3 aromatic rings. The van der Waals surface area contributed by atoms with Crippen molar-refractivity contribution in [2.45, 2.75) is 36.6 Å². The third-order valence-electron chi connectivity index (χ3n) is 5.77. The summed E-state index contributed by atoms with van der Waals surface area (Å²) in [5.74, 6) is 0. The van der Waals surface area contributed by atoms with Crippen LogP contribution in [-0.4, -0.2) is 25.1 Å². The molecule has 0 bridgehead atoms. The highest BCUT2D eigenvalue weighted by Crippen LogP contribution is 2.29. The predicted octanol–water partition coefficient (Wildman–Crippen LogP) is 4.95. The van der Waals surface area contributed by atoms with E-state index >= 15 is 0 Å². The molecule has 1 atom stereocenters. The smallest absolute Gasteiger partial charge is 0.185 e. The molecule has 1 aliphatic heterocycles. The van der Waals surface area contributed by atoms with Gasteiger partial charge in [0.15, 0.2) is 9.84 Å². The summed E-state index contributed by atoms with van der Waals surface area (Å²) in [4.78, 5) is 2.65. The minimum atomic E-state index is -3.53. The summed E-state index contributed by atoms with van der Waals surface area (Å²) in [7, 11) is -3.53. The Hall–Kier alpha value is -2.69. The second-order valence-electron chi connectivity index (χ2n) is 8.11. The molecule has 0 fully saturated rings. The van der Waals surface area contributed by atoms with Gasteiger partial charge in [0.25, 0.3) is 0 Å². The molecular weight excluding hydrogens is 390 g/mol. The Balaban J connectivity index is 1.71. The summed E-state index contributed by atoms with van der Waals surface area (Å²) >= 11 is 0. The SMILES string of the molecule is C=C1CN(Cc2ccccc2)Cc2ccccc2CC1S(=O)(=O)c1ccc(C)cc1. The number of nitrogens with zero attached hydrogens (tertiary/aromatic N) is 1. The molecule has 0 N–H and O–H groups in total. The summed E-state index contributed by atoms with van der Waals surface area (Å²) < 4.78 is 27.1. The average Bonchev–Trinajstić information content (AvgIpc) is 2.72. The Bertz CT molecular complexity index is 1140. The zero-order chi connectivity index (χ0) is 21.1. The van der Waals surface area contributed by atoms with Gasteiger partial charge in [-0.05, 0) is 47.7 Å². The van der Waals surface area contributed by atoms with E-state index in [1.165, 1.54) is 11.1 Å². The molecule has 0 saturated carbocycles. The van der Waals surface area contributed by atoms with Gasteiger partial charge < -0.3 is 0 Å². The maximum absolute atomic E-state index is 13.6. The number of fused-ring (bicyclic) bond motifs is 1. The Morgan fingerprint density at radius 2 is 1.50 bits per heavy atom. The Kier molecular flexibility index (Phi) is 5.89. The van der Waals surface area contributed by atoms with Crippen LogP contribution in [0.15, 0.2) is 95.9 Å². The van der Waals surface area contributed by atoms with Crippen molar-refractivity contribution in [2.24, 2.45) is 0 Å². The van der Waals surface area contributed by atoms with Crippen molar-refractivity contribution in [3.63, 3.8) is 0 Å². The second-order valence-corrected chi connectivity index (χ2v) is 10.2.